The van der Waals surface area contributed by atoms with Gasteiger partial charge in [0.05, 0.1) is 11.2 Å². The van der Waals surface area contributed by atoms with Gasteiger partial charge in [-0.25, -0.2) is 15.0 Å². The average Bonchev–Trinajstić information content (AvgIpc) is 3.25. The highest BCUT2D eigenvalue weighted by atomic mass is 15.1. The summed E-state index contributed by atoms with van der Waals surface area (Å²) >= 11 is 0. The van der Waals surface area contributed by atoms with E-state index in [1.165, 1.54) is 0 Å². The molecule has 4 heterocycles. The van der Waals surface area contributed by atoms with Crippen LogP contribution in [0.25, 0.3) is 38.9 Å². The Morgan fingerprint density at radius 1 is 0.906 bits per heavy atom. The number of hydrogen-bond donors (Lipinski definition) is 2. The van der Waals surface area contributed by atoms with Crippen molar-refractivity contribution in [3.63, 3.8) is 0 Å². The number of nitrogen functional groups attached to an aromatic ring is 1. The maximum atomic E-state index is 6.35. The van der Waals surface area contributed by atoms with Crippen molar-refractivity contribution < 1.29 is 0 Å². The van der Waals surface area contributed by atoms with Crippen molar-refractivity contribution in [1.82, 2.24) is 24.7 Å². The molecule has 1 aliphatic rings. The Morgan fingerprint density at radius 3 is 2.56 bits per heavy atom. The van der Waals surface area contributed by atoms with E-state index >= 15 is 0 Å². The van der Waals surface area contributed by atoms with Crippen LogP contribution in [0.1, 0.15) is 24.6 Å². The molecule has 0 bridgehead atoms. The monoisotopic (exact) mass is 420 g/mol. The summed E-state index contributed by atoms with van der Waals surface area (Å²) < 4.78 is 2.13. The number of benzene rings is 2. The fraction of sp³-hybridized carbons (Fsp3) is 0.192. The summed E-state index contributed by atoms with van der Waals surface area (Å²) in [5, 5.41) is 4.54. The molecule has 0 aliphatic carbocycles. The van der Waals surface area contributed by atoms with Gasteiger partial charge < -0.3 is 11.1 Å². The second-order valence-electron chi connectivity index (χ2n) is 8.34. The van der Waals surface area contributed by atoms with Gasteiger partial charge in [0, 0.05) is 34.8 Å². The topological polar surface area (TPSA) is 81.1 Å². The lowest BCUT2D eigenvalue weighted by molar-refractivity contribution is 0.444. The minimum atomic E-state index is 0.405. The maximum absolute atomic E-state index is 6.35. The number of nitrogens with zero attached hydrogens (tertiary/aromatic N) is 4. The van der Waals surface area contributed by atoms with Crippen molar-refractivity contribution in [3.05, 3.63) is 78.9 Å². The van der Waals surface area contributed by atoms with Crippen molar-refractivity contribution in [2.75, 3.05) is 18.8 Å². The third kappa shape index (κ3) is 3.20. The van der Waals surface area contributed by atoms with Gasteiger partial charge in [0.15, 0.2) is 0 Å². The first kappa shape index (κ1) is 19.0. The van der Waals surface area contributed by atoms with E-state index in [0.717, 1.165) is 70.7 Å². The molecule has 0 atom stereocenters. The molecule has 32 heavy (non-hydrogen) atoms. The zero-order chi connectivity index (χ0) is 21.5. The molecule has 5 aromatic rings. The fourth-order valence-corrected chi connectivity index (χ4v) is 4.69. The number of nitrogens with two attached hydrogens (primary N) is 1. The largest absolute Gasteiger partial charge is 0.382 e. The van der Waals surface area contributed by atoms with Crippen LogP contribution in [0.4, 0.5) is 5.82 Å². The Labute approximate surface area is 186 Å². The normalized spacial score (nSPS) is 14.9. The third-order valence-corrected chi connectivity index (χ3v) is 6.35. The third-order valence-electron chi connectivity index (χ3n) is 6.35. The van der Waals surface area contributed by atoms with E-state index < -0.39 is 0 Å². The van der Waals surface area contributed by atoms with E-state index in [4.69, 9.17) is 15.7 Å². The minimum Gasteiger partial charge on any atom is -0.382 e. The molecule has 1 aliphatic heterocycles. The number of piperidine rings is 1. The number of nitrogens with one attached hydrogen (secondary N) is 1. The highest BCUT2D eigenvalue weighted by molar-refractivity contribution is 5.91. The minimum absolute atomic E-state index is 0.405. The lowest BCUT2D eigenvalue weighted by Crippen LogP contribution is -2.27. The molecule has 6 heteroatoms. The van der Waals surface area contributed by atoms with E-state index in [-0.39, 0.29) is 0 Å². The van der Waals surface area contributed by atoms with E-state index in [1.54, 1.807) is 6.20 Å². The smallest absolute Gasteiger partial charge is 0.150 e. The number of pyridine rings is 1. The van der Waals surface area contributed by atoms with Gasteiger partial charge in [0.25, 0.3) is 0 Å². The first-order valence-electron chi connectivity index (χ1n) is 11.1. The van der Waals surface area contributed by atoms with Gasteiger partial charge in [-0.1, -0.05) is 48.5 Å². The molecule has 3 aromatic heterocycles. The molecular weight excluding hydrogens is 396 g/mol. The molecule has 2 aromatic carbocycles. The molecule has 0 unspecified atom stereocenters. The first-order chi connectivity index (χ1) is 15.8. The van der Waals surface area contributed by atoms with Crippen LogP contribution in [-0.4, -0.2) is 32.4 Å². The predicted octanol–water partition coefficient (Wildman–Crippen LogP) is 4.66. The van der Waals surface area contributed by atoms with Crippen LogP contribution in [0.3, 0.4) is 0 Å². The van der Waals surface area contributed by atoms with Crippen LogP contribution in [0.15, 0.2) is 73.1 Å². The fourth-order valence-electron chi connectivity index (χ4n) is 4.69. The van der Waals surface area contributed by atoms with Crippen LogP contribution < -0.4 is 11.1 Å². The van der Waals surface area contributed by atoms with E-state index in [1.807, 2.05) is 24.4 Å². The van der Waals surface area contributed by atoms with Gasteiger partial charge in [0.1, 0.15) is 22.9 Å². The highest BCUT2D eigenvalue weighted by Crippen LogP contribution is 2.34. The Morgan fingerprint density at radius 2 is 1.72 bits per heavy atom. The molecule has 6 nitrogen and oxygen atoms in total. The quantitative estimate of drug-likeness (QED) is 0.444. The van der Waals surface area contributed by atoms with Crippen LogP contribution >= 0.6 is 0 Å². The van der Waals surface area contributed by atoms with Crippen LogP contribution in [-0.2, 0) is 0 Å². The Hall–Kier alpha value is -3.77. The lowest BCUT2D eigenvalue weighted by Gasteiger charge is -2.21. The number of rotatable bonds is 3. The molecular formula is C26H24N6. The van der Waals surface area contributed by atoms with Crippen molar-refractivity contribution in [1.29, 1.82) is 0 Å². The standard InChI is InChI=1S/C26H24N6/c27-25-24-23(31-26(32(24)15-14-29-25)19-10-12-28-13-11-19)20-7-6-18-8-9-21(30-22(18)16-20)17-4-2-1-3-5-17/h1-9,14-16,19,28H,10-13H2,(H2,27,29). The van der Waals surface area contributed by atoms with Gasteiger partial charge in [0.2, 0.25) is 0 Å². The molecule has 1 saturated heterocycles. The summed E-state index contributed by atoms with van der Waals surface area (Å²) in [5.41, 5.74) is 12.1. The van der Waals surface area contributed by atoms with Crippen LogP contribution in [0, 0.1) is 0 Å². The molecule has 0 saturated carbocycles. The van der Waals surface area contributed by atoms with Crippen LogP contribution in [0.5, 0.6) is 0 Å². The van der Waals surface area contributed by atoms with E-state index in [9.17, 15) is 0 Å². The first-order valence-corrected chi connectivity index (χ1v) is 11.1. The number of aromatic nitrogens is 4. The SMILES string of the molecule is Nc1nccn2c(C3CCNCC3)nc(-c3ccc4ccc(-c5ccccc5)nc4c3)c12. The van der Waals surface area contributed by atoms with Crippen LogP contribution in [0.2, 0.25) is 0 Å². The van der Waals surface area contributed by atoms with Gasteiger partial charge >= 0.3 is 0 Å². The van der Waals surface area contributed by atoms with E-state index in [2.05, 4.69) is 57.2 Å². The Kier molecular flexibility index (Phi) is 4.58. The summed E-state index contributed by atoms with van der Waals surface area (Å²) in [6, 6.07) is 20.8. The highest BCUT2D eigenvalue weighted by Gasteiger charge is 2.24. The average molecular weight is 421 g/mol. The molecule has 0 radical (unpaired) electrons. The second-order valence-corrected chi connectivity index (χ2v) is 8.34. The molecule has 158 valence electrons. The Balaban J connectivity index is 1.51. The van der Waals surface area contributed by atoms with Crippen molar-refractivity contribution in [2.45, 2.75) is 18.8 Å². The summed E-state index contributed by atoms with van der Waals surface area (Å²) in [6.07, 6.45) is 5.87. The van der Waals surface area contributed by atoms with Gasteiger partial charge in [-0.15, -0.1) is 0 Å². The second kappa shape index (κ2) is 7.73. The van der Waals surface area contributed by atoms with Crippen molar-refractivity contribution >= 4 is 22.2 Å². The number of hydrogen-bond acceptors (Lipinski definition) is 5. The van der Waals surface area contributed by atoms with Gasteiger partial charge in [-0.05, 0) is 38.1 Å². The number of fused-ring (bicyclic) bond motifs is 2. The Bertz CT molecular complexity index is 1420. The van der Waals surface area contributed by atoms with Gasteiger partial charge in [-0.3, -0.25) is 4.40 Å². The van der Waals surface area contributed by atoms with E-state index in [0.29, 0.717) is 11.7 Å². The summed E-state index contributed by atoms with van der Waals surface area (Å²) in [7, 11) is 0. The summed E-state index contributed by atoms with van der Waals surface area (Å²) in [5.74, 6) is 1.97. The summed E-state index contributed by atoms with van der Waals surface area (Å²) in [6.45, 7) is 2.02. The molecule has 0 spiro atoms. The molecule has 0 amide bonds. The lowest BCUT2D eigenvalue weighted by atomic mass is 9.97. The zero-order valence-electron chi connectivity index (χ0n) is 17.7. The zero-order valence-corrected chi connectivity index (χ0v) is 17.7. The number of imidazole rings is 1. The molecule has 6 rings (SSSR count). The van der Waals surface area contributed by atoms with Crippen molar-refractivity contribution in [3.8, 4) is 22.5 Å². The van der Waals surface area contributed by atoms with Gasteiger partial charge in [-0.2, -0.15) is 0 Å². The number of anilines is 1. The maximum Gasteiger partial charge on any atom is 0.150 e. The molecule has 3 N–H and O–H groups in total. The summed E-state index contributed by atoms with van der Waals surface area (Å²) in [4.78, 5) is 14.4. The van der Waals surface area contributed by atoms with Crippen molar-refractivity contribution in [2.24, 2.45) is 0 Å². The predicted molar refractivity (Wildman–Crippen MR) is 128 cm³/mol. The molecule has 1 fully saturated rings.